The summed E-state index contributed by atoms with van der Waals surface area (Å²) in [7, 11) is 0. The molecule has 0 bridgehead atoms. The lowest BCUT2D eigenvalue weighted by Crippen LogP contribution is -2.43. The fraction of sp³-hybridized carbons (Fsp3) is 0.0500. The van der Waals surface area contributed by atoms with Gasteiger partial charge in [0.1, 0.15) is 11.9 Å². The molecule has 0 saturated carbocycles. The van der Waals surface area contributed by atoms with E-state index in [1.807, 2.05) is 6.07 Å². The molecule has 1 heterocycles. The zero-order valence-corrected chi connectivity index (χ0v) is 14.1. The lowest BCUT2D eigenvalue weighted by atomic mass is 10.0. The second kappa shape index (κ2) is 6.45. The molecule has 7 heteroatoms. The van der Waals surface area contributed by atoms with Crippen molar-refractivity contribution in [2.45, 2.75) is 6.17 Å². The summed E-state index contributed by atoms with van der Waals surface area (Å²) in [6.07, 6.45) is -0.797. The molecule has 2 N–H and O–H groups in total. The van der Waals surface area contributed by atoms with Gasteiger partial charge < -0.3 is 10.4 Å². The molecule has 3 aromatic rings. The first kappa shape index (κ1) is 16.6. The number of phenolic OH excluding ortho intramolecular Hbond substituents is 1. The molecule has 0 aromatic heterocycles. The molecule has 1 aliphatic heterocycles. The van der Waals surface area contributed by atoms with E-state index in [1.165, 1.54) is 23.1 Å². The highest BCUT2D eigenvalue weighted by Crippen LogP contribution is 2.40. The summed E-state index contributed by atoms with van der Waals surface area (Å²) in [6.45, 7) is 0. The van der Waals surface area contributed by atoms with Crippen LogP contribution in [-0.4, -0.2) is 15.9 Å². The van der Waals surface area contributed by atoms with Crippen molar-refractivity contribution >= 4 is 23.0 Å². The van der Waals surface area contributed by atoms with Gasteiger partial charge in [-0.15, -0.1) is 0 Å². The van der Waals surface area contributed by atoms with Crippen LogP contribution in [0.3, 0.4) is 0 Å². The number of para-hydroxylation sites is 2. The van der Waals surface area contributed by atoms with Crippen LogP contribution in [0.2, 0.25) is 0 Å². The number of amides is 1. The molecule has 0 radical (unpaired) electrons. The number of anilines is 2. The number of carbonyl (C=O) groups is 1. The largest absolute Gasteiger partial charge is 0.508 e. The molecule has 1 atom stereocenters. The second-order valence-corrected chi connectivity index (χ2v) is 6.10. The first-order valence-corrected chi connectivity index (χ1v) is 8.28. The molecule has 1 unspecified atom stereocenters. The highest BCUT2D eigenvalue weighted by atomic mass is 16.6. The van der Waals surface area contributed by atoms with Crippen molar-refractivity contribution in [3.8, 4) is 5.75 Å². The molecule has 4 rings (SSSR count). The van der Waals surface area contributed by atoms with Gasteiger partial charge in [0, 0.05) is 29.1 Å². The van der Waals surface area contributed by atoms with Gasteiger partial charge in [-0.2, -0.15) is 0 Å². The number of fused-ring (bicyclic) bond motifs is 1. The second-order valence-electron chi connectivity index (χ2n) is 6.10. The van der Waals surface area contributed by atoms with E-state index in [1.54, 1.807) is 48.5 Å². The van der Waals surface area contributed by atoms with E-state index in [9.17, 15) is 20.0 Å². The van der Waals surface area contributed by atoms with Crippen molar-refractivity contribution in [3.05, 3.63) is 94.0 Å². The van der Waals surface area contributed by atoms with Crippen LogP contribution in [0.5, 0.6) is 5.75 Å². The summed E-state index contributed by atoms with van der Waals surface area (Å²) in [5.74, 6) is -0.391. The molecule has 1 aliphatic rings. The van der Waals surface area contributed by atoms with Crippen LogP contribution in [0, 0.1) is 10.1 Å². The van der Waals surface area contributed by atoms with Crippen LogP contribution < -0.4 is 10.2 Å². The number of nitrogens with one attached hydrogen (secondary N) is 1. The van der Waals surface area contributed by atoms with Crippen molar-refractivity contribution < 1.29 is 14.8 Å². The van der Waals surface area contributed by atoms with Gasteiger partial charge in [-0.3, -0.25) is 19.8 Å². The van der Waals surface area contributed by atoms with Gasteiger partial charge in [0.15, 0.2) is 0 Å². The minimum absolute atomic E-state index is 0.133. The maximum Gasteiger partial charge on any atom is 0.270 e. The molecule has 27 heavy (non-hydrogen) atoms. The van der Waals surface area contributed by atoms with Crippen LogP contribution in [-0.2, 0) is 0 Å². The van der Waals surface area contributed by atoms with Gasteiger partial charge in [0.05, 0.1) is 10.5 Å². The summed E-state index contributed by atoms with van der Waals surface area (Å²) in [6, 6.07) is 19.8. The number of non-ortho nitro benzene ring substituents is 1. The lowest BCUT2D eigenvalue weighted by Gasteiger charge is -2.38. The van der Waals surface area contributed by atoms with Gasteiger partial charge in [-0.05, 0) is 30.3 Å². The zero-order valence-electron chi connectivity index (χ0n) is 14.1. The zero-order chi connectivity index (χ0) is 19.0. The van der Waals surface area contributed by atoms with Gasteiger partial charge in [0.25, 0.3) is 11.6 Å². The van der Waals surface area contributed by atoms with E-state index < -0.39 is 11.1 Å². The van der Waals surface area contributed by atoms with E-state index >= 15 is 0 Å². The first-order valence-electron chi connectivity index (χ1n) is 8.28. The Labute approximate surface area is 154 Å². The third-order valence-corrected chi connectivity index (χ3v) is 4.48. The van der Waals surface area contributed by atoms with E-state index in [4.69, 9.17) is 0 Å². The maximum absolute atomic E-state index is 13.2. The number of nitro benzene ring substituents is 1. The van der Waals surface area contributed by atoms with Crippen LogP contribution >= 0.6 is 0 Å². The molecule has 0 aliphatic carbocycles. The van der Waals surface area contributed by atoms with Crippen LogP contribution in [0.1, 0.15) is 22.1 Å². The smallest absolute Gasteiger partial charge is 0.270 e. The molecule has 1 amide bonds. The van der Waals surface area contributed by atoms with E-state index in [-0.39, 0.29) is 22.9 Å². The van der Waals surface area contributed by atoms with Crippen molar-refractivity contribution in [1.82, 2.24) is 0 Å². The fourth-order valence-corrected chi connectivity index (χ4v) is 3.20. The Hall–Kier alpha value is -3.87. The molecule has 3 aromatic carbocycles. The van der Waals surface area contributed by atoms with Crippen molar-refractivity contribution in [1.29, 1.82) is 0 Å². The maximum atomic E-state index is 13.2. The Balaban J connectivity index is 1.91. The van der Waals surface area contributed by atoms with Crippen LogP contribution in [0.25, 0.3) is 0 Å². The van der Waals surface area contributed by atoms with Crippen molar-refractivity contribution in [2.75, 3.05) is 10.2 Å². The average Bonchev–Trinajstić information content (AvgIpc) is 2.69. The average molecular weight is 361 g/mol. The quantitative estimate of drug-likeness (QED) is 0.541. The minimum atomic E-state index is -0.797. The topological polar surface area (TPSA) is 95.7 Å². The number of nitrogens with zero attached hydrogens (tertiary/aromatic N) is 2. The Bertz CT molecular complexity index is 1040. The molecule has 0 spiro atoms. The predicted octanol–water partition coefficient (Wildman–Crippen LogP) is 4.07. The van der Waals surface area contributed by atoms with Crippen molar-refractivity contribution in [3.63, 3.8) is 0 Å². The monoisotopic (exact) mass is 361 g/mol. The Morgan fingerprint density at radius 1 is 1.00 bits per heavy atom. The standard InChI is InChI=1S/C20H15N3O4/c24-18-11-10-14(23(26)27)12-16(18)19-21-17-9-5-4-8-15(17)20(25)22(19)13-6-2-1-3-7-13/h1-12,19,21,24H. The molecule has 0 fully saturated rings. The molecule has 134 valence electrons. The van der Waals surface area contributed by atoms with E-state index in [0.29, 0.717) is 16.9 Å². The molecule has 0 saturated heterocycles. The fourth-order valence-electron chi connectivity index (χ4n) is 3.20. The summed E-state index contributed by atoms with van der Waals surface area (Å²) < 4.78 is 0. The van der Waals surface area contributed by atoms with Crippen molar-refractivity contribution in [2.24, 2.45) is 0 Å². The Kier molecular flexibility index (Phi) is 3.97. The van der Waals surface area contributed by atoms with Gasteiger partial charge in [-0.1, -0.05) is 30.3 Å². The summed E-state index contributed by atoms with van der Waals surface area (Å²) in [5, 5.41) is 24.8. The third-order valence-electron chi connectivity index (χ3n) is 4.48. The Morgan fingerprint density at radius 2 is 1.70 bits per heavy atom. The number of rotatable bonds is 3. The van der Waals surface area contributed by atoms with Gasteiger partial charge in [-0.25, -0.2) is 0 Å². The number of hydrogen-bond acceptors (Lipinski definition) is 5. The highest BCUT2D eigenvalue weighted by molar-refractivity contribution is 6.12. The van der Waals surface area contributed by atoms with E-state index in [2.05, 4.69) is 5.32 Å². The highest BCUT2D eigenvalue weighted by Gasteiger charge is 2.35. The third kappa shape index (κ3) is 2.85. The number of nitro groups is 1. The van der Waals surface area contributed by atoms with E-state index in [0.717, 1.165) is 0 Å². The normalized spacial score (nSPS) is 15.8. The number of benzene rings is 3. The summed E-state index contributed by atoms with van der Waals surface area (Å²) in [5.41, 5.74) is 1.79. The number of aromatic hydroxyl groups is 1. The Morgan fingerprint density at radius 3 is 2.44 bits per heavy atom. The van der Waals surface area contributed by atoms with Gasteiger partial charge >= 0.3 is 0 Å². The summed E-state index contributed by atoms with van der Waals surface area (Å²) >= 11 is 0. The van der Waals surface area contributed by atoms with Crippen LogP contribution in [0.15, 0.2) is 72.8 Å². The first-order chi connectivity index (χ1) is 13.1. The lowest BCUT2D eigenvalue weighted by molar-refractivity contribution is -0.385. The molecular weight excluding hydrogens is 346 g/mol. The van der Waals surface area contributed by atoms with Gasteiger partial charge in [0.2, 0.25) is 0 Å². The predicted molar refractivity (Wildman–Crippen MR) is 101 cm³/mol. The minimum Gasteiger partial charge on any atom is -0.508 e. The number of carbonyl (C=O) groups excluding carboxylic acids is 1. The van der Waals surface area contributed by atoms with Crippen LogP contribution in [0.4, 0.5) is 17.1 Å². The summed E-state index contributed by atoms with van der Waals surface area (Å²) in [4.78, 5) is 25.3. The molecular formula is C20H15N3O4. The SMILES string of the molecule is O=C1c2ccccc2NC(c2cc([N+](=O)[O-])ccc2O)N1c1ccccc1. The number of phenols is 1. The number of hydrogen-bond donors (Lipinski definition) is 2. The molecule has 7 nitrogen and oxygen atoms in total.